The molecule has 1 aliphatic rings. The molecule has 0 atom stereocenters. The van der Waals surface area contributed by atoms with E-state index < -0.39 is 5.91 Å². The topological polar surface area (TPSA) is 112 Å². The van der Waals surface area contributed by atoms with Gasteiger partial charge in [-0.1, -0.05) is 35.5 Å². The largest absolute Gasteiger partial charge is 0.378 e. The number of hydrogen-bond acceptors (Lipinski definition) is 8. The molecule has 0 saturated carbocycles. The lowest BCUT2D eigenvalue weighted by molar-refractivity contribution is 0.0946. The molecule has 1 saturated heterocycles. The molecule has 134 valence electrons. The predicted molar refractivity (Wildman–Crippen MR) is 93.9 cm³/mol. The maximum Gasteiger partial charge on any atom is 0.287 e. The summed E-state index contributed by atoms with van der Waals surface area (Å²) < 4.78 is 11.7. The summed E-state index contributed by atoms with van der Waals surface area (Å²) in [5.41, 5.74) is 7.51. The van der Waals surface area contributed by atoms with E-state index in [4.69, 9.17) is 15.0 Å². The number of morpholine rings is 1. The van der Waals surface area contributed by atoms with Crippen molar-refractivity contribution >= 4 is 17.8 Å². The smallest absolute Gasteiger partial charge is 0.287 e. The third-order valence-electron chi connectivity index (χ3n) is 4.23. The Morgan fingerprint density at radius 3 is 2.65 bits per heavy atom. The van der Waals surface area contributed by atoms with Gasteiger partial charge in [0.2, 0.25) is 11.9 Å². The van der Waals surface area contributed by atoms with Crippen molar-refractivity contribution < 1.29 is 14.1 Å². The second-order valence-electron chi connectivity index (χ2n) is 5.91. The number of hydrogen-bond donors (Lipinski definition) is 1. The van der Waals surface area contributed by atoms with E-state index in [0.29, 0.717) is 49.3 Å². The number of nitrogens with two attached hydrogens (primary N) is 1. The van der Waals surface area contributed by atoms with Crippen LogP contribution in [0.1, 0.15) is 16.1 Å². The zero-order valence-corrected chi connectivity index (χ0v) is 14.3. The van der Waals surface area contributed by atoms with E-state index in [1.807, 2.05) is 35.2 Å². The van der Waals surface area contributed by atoms with Gasteiger partial charge < -0.3 is 19.9 Å². The van der Waals surface area contributed by atoms with Crippen molar-refractivity contribution in [2.45, 2.75) is 6.92 Å². The second kappa shape index (κ2) is 6.60. The van der Waals surface area contributed by atoms with E-state index in [1.54, 1.807) is 6.92 Å². The fourth-order valence-corrected chi connectivity index (χ4v) is 2.88. The number of aryl methyl sites for hydroxylation is 1. The van der Waals surface area contributed by atoms with Crippen molar-refractivity contribution in [1.29, 1.82) is 0 Å². The van der Waals surface area contributed by atoms with Crippen LogP contribution < -0.4 is 10.6 Å². The van der Waals surface area contributed by atoms with Crippen LogP contribution in [0.2, 0.25) is 0 Å². The number of nitrogen functional groups attached to an aromatic ring is 1. The number of aromatic nitrogens is 4. The zero-order valence-electron chi connectivity index (χ0n) is 14.3. The lowest BCUT2D eigenvalue weighted by Crippen LogP contribution is -2.37. The summed E-state index contributed by atoms with van der Waals surface area (Å²) in [6, 6.07) is 9.35. The van der Waals surface area contributed by atoms with Crippen LogP contribution in [0.4, 0.5) is 11.9 Å². The molecule has 26 heavy (non-hydrogen) atoms. The molecule has 2 aromatic heterocycles. The first-order valence-corrected chi connectivity index (χ1v) is 8.27. The number of carbonyl (C=O) groups excluding carboxylic acids is 1. The highest BCUT2D eigenvalue weighted by molar-refractivity contribution is 6.02. The van der Waals surface area contributed by atoms with Crippen LogP contribution in [0.15, 0.2) is 34.9 Å². The van der Waals surface area contributed by atoms with Crippen molar-refractivity contribution in [3.05, 3.63) is 41.7 Å². The Kier molecular flexibility index (Phi) is 4.13. The van der Waals surface area contributed by atoms with Crippen molar-refractivity contribution in [2.75, 3.05) is 36.9 Å². The van der Waals surface area contributed by atoms with Crippen LogP contribution in [-0.4, -0.2) is 52.1 Å². The summed E-state index contributed by atoms with van der Waals surface area (Å²) in [5.74, 6) is 0.411. The molecule has 0 radical (unpaired) electrons. The summed E-state index contributed by atoms with van der Waals surface area (Å²) in [7, 11) is 0. The molecule has 0 unspecified atom stereocenters. The molecule has 9 heteroatoms. The van der Waals surface area contributed by atoms with Gasteiger partial charge in [0.25, 0.3) is 5.91 Å². The Balaban J connectivity index is 1.71. The van der Waals surface area contributed by atoms with Crippen LogP contribution in [0.25, 0.3) is 11.3 Å². The average Bonchev–Trinajstić information content (AvgIpc) is 3.26. The summed E-state index contributed by atoms with van der Waals surface area (Å²) >= 11 is 0. The van der Waals surface area contributed by atoms with Gasteiger partial charge in [-0.25, -0.2) is 0 Å². The van der Waals surface area contributed by atoms with Gasteiger partial charge in [0, 0.05) is 18.7 Å². The molecule has 1 aromatic carbocycles. The zero-order chi connectivity index (χ0) is 18.1. The van der Waals surface area contributed by atoms with E-state index in [1.165, 1.54) is 0 Å². The molecule has 0 aliphatic carbocycles. The van der Waals surface area contributed by atoms with Gasteiger partial charge in [-0.2, -0.15) is 9.67 Å². The molecule has 0 bridgehead atoms. The number of benzene rings is 1. The summed E-state index contributed by atoms with van der Waals surface area (Å²) in [6.07, 6.45) is 0. The van der Waals surface area contributed by atoms with E-state index in [2.05, 4.69) is 15.2 Å². The third-order valence-corrected chi connectivity index (χ3v) is 4.23. The average molecular weight is 354 g/mol. The molecule has 9 nitrogen and oxygen atoms in total. The van der Waals surface area contributed by atoms with E-state index in [9.17, 15) is 4.79 Å². The number of ether oxygens (including phenoxy) is 1. The molecular formula is C17H18N6O3. The summed E-state index contributed by atoms with van der Waals surface area (Å²) in [6.45, 7) is 4.16. The number of carbonyl (C=O) groups is 1. The first-order valence-electron chi connectivity index (χ1n) is 8.27. The van der Waals surface area contributed by atoms with E-state index in [-0.39, 0.29) is 5.95 Å². The van der Waals surface area contributed by atoms with Crippen molar-refractivity contribution in [2.24, 2.45) is 0 Å². The van der Waals surface area contributed by atoms with E-state index in [0.717, 1.165) is 10.2 Å². The minimum absolute atomic E-state index is 0.0242. The monoisotopic (exact) mass is 354 g/mol. The maximum atomic E-state index is 13.1. The SMILES string of the molecule is Cc1onc(-c2ccccc2)c1C(=O)n1nc(N2CCOCC2)nc1N. The Labute approximate surface area is 149 Å². The fourth-order valence-electron chi connectivity index (χ4n) is 2.88. The van der Waals surface area contributed by atoms with Crippen molar-refractivity contribution in [1.82, 2.24) is 19.9 Å². The highest BCUT2D eigenvalue weighted by atomic mass is 16.5. The van der Waals surface area contributed by atoms with Crippen LogP contribution in [-0.2, 0) is 4.74 Å². The highest BCUT2D eigenvalue weighted by Gasteiger charge is 2.27. The van der Waals surface area contributed by atoms with Crippen LogP contribution in [0, 0.1) is 6.92 Å². The van der Waals surface area contributed by atoms with Gasteiger partial charge in [-0.3, -0.25) is 4.79 Å². The first-order chi connectivity index (χ1) is 12.6. The predicted octanol–water partition coefficient (Wildman–Crippen LogP) is 1.35. The van der Waals surface area contributed by atoms with Crippen LogP contribution in [0.3, 0.4) is 0 Å². The minimum atomic E-state index is -0.424. The molecule has 3 heterocycles. The van der Waals surface area contributed by atoms with Gasteiger partial charge in [0.1, 0.15) is 17.0 Å². The molecule has 2 N–H and O–H groups in total. The summed E-state index contributed by atoms with van der Waals surface area (Å²) in [5, 5.41) is 8.33. The lowest BCUT2D eigenvalue weighted by atomic mass is 10.1. The fraction of sp³-hybridized carbons (Fsp3) is 0.294. The standard InChI is InChI=1S/C17H18N6O3/c1-11-13(14(21-26-11)12-5-3-2-4-6-12)15(24)23-16(18)19-17(20-23)22-7-9-25-10-8-22/h2-6H,7-10H2,1H3,(H2,18,19,20). The van der Waals surface area contributed by atoms with Crippen LogP contribution in [0.5, 0.6) is 0 Å². The molecule has 1 fully saturated rings. The highest BCUT2D eigenvalue weighted by Crippen LogP contribution is 2.26. The molecular weight excluding hydrogens is 336 g/mol. The molecule has 1 aliphatic heterocycles. The Bertz CT molecular complexity index is 927. The van der Waals surface area contributed by atoms with Gasteiger partial charge in [0.15, 0.2) is 0 Å². The number of rotatable bonds is 3. The summed E-state index contributed by atoms with van der Waals surface area (Å²) in [4.78, 5) is 19.2. The third kappa shape index (κ3) is 2.82. The Hall–Kier alpha value is -3.20. The second-order valence-corrected chi connectivity index (χ2v) is 5.91. The number of anilines is 2. The molecule has 0 spiro atoms. The Morgan fingerprint density at radius 1 is 1.19 bits per heavy atom. The number of nitrogens with zero attached hydrogens (tertiary/aromatic N) is 5. The molecule has 3 aromatic rings. The van der Waals surface area contributed by atoms with Gasteiger partial charge >= 0.3 is 0 Å². The first kappa shape index (κ1) is 16.3. The van der Waals surface area contributed by atoms with E-state index >= 15 is 0 Å². The van der Waals surface area contributed by atoms with Crippen LogP contribution >= 0.6 is 0 Å². The Morgan fingerprint density at radius 2 is 1.92 bits per heavy atom. The minimum Gasteiger partial charge on any atom is -0.378 e. The molecule has 4 rings (SSSR count). The molecule has 0 amide bonds. The van der Waals surface area contributed by atoms with Gasteiger partial charge in [-0.05, 0) is 6.92 Å². The maximum absolute atomic E-state index is 13.1. The quantitative estimate of drug-likeness (QED) is 0.750. The van der Waals surface area contributed by atoms with Crippen molar-refractivity contribution in [3.8, 4) is 11.3 Å². The van der Waals surface area contributed by atoms with Crippen molar-refractivity contribution in [3.63, 3.8) is 0 Å². The normalized spacial score (nSPS) is 14.6. The lowest BCUT2D eigenvalue weighted by Gasteiger charge is -2.25. The van der Waals surface area contributed by atoms with Gasteiger partial charge in [-0.15, -0.1) is 5.10 Å². The van der Waals surface area contributed by atoms with Gasteiger partial charge in [0.05, 0.1) is 13.2 Å².